The van der Waals surface area contributed by atoms with Crippen molar-refractivity contribution in [3.8, 4) is 0 Å². The van der Waals surface area contributed by atoms with E-state index in [4.69, 9.17) is 5.73 Å². The van der Waals surface area contributed by atoms with Gasteiger partial charge in [0.25, 0.3) is 0 Å². The molecule has 4 heteroatoms. The molecule has 1 fully saturated rings. The standard InChI is InChI=1S/C17H26F2N2/c1-12(20)9-13-10-15(18)17(16(19)11-13)21(2)14-7-5-3-4-6-8-14/h10-12,14H,3-9,20H2,1-2H3. The van der Waals surface area contributed by atoms with Crippen LogP contribution in [-0.4, -0.2) is 19.1 Å². The molecular weight excluding hydrogens is 270 g/mol. The average molecular weight is 296 g/mol. The van der Waals surface area contributed by atoms with E-state index in [2.05, 4.69) is 0 Å². The lowest BCUT2D eigenvalue weighted by molar-refractivity contribution is 0.516. The van der Waals surface area contributed by atoms with Crippen molar-refractivity contribution in [2.75, 3.05) is 11.9 Å². The number of benzene rings is 1. The summed E-state index contributed by atoms with van der Waals surface area (Å²) in [6, 6.07) is 2.98. The number of hydrogen-bond acceptors (Lipinski definition) is 2. The maximum atomic E-state index is 14.3. The zero-order valence-corrected chi connectivity index (χ0v) is 13.0. The van der Waals surface area contributed by atoms with E-state index in [-0.39, 0.29) is 17.8 Å². The summed E-state index contributed by atoms with van der Waals surface area (Å²) in [6.45, 7) is 1.83. The van der Waals surface area contributed by atoms with Crippen molar-refractivity contribution in [2.24, 2.45) is 5.73 Å². The van der Waals surface area contributed by atoms with Crippen LogP contribution in [0.4, 0.5) is 14.5 Å². The van der Waals surface area contributed by atoms with Crippen LogP contribution in [0.3, 0.4) is 0 Å². The SMILES string of the molecule is CC(N)Cc1cc(F)c(N(C)C2CCCCCC2)c(F)c1. The maximum absolute atomic E-state index is 14.3. The zero-order chi connectivity index (χ0) is 15.4. The molecule has 0 heterocycles. The summed E-state index contributed by atoms with van der Waals surface area (Å²) in [5, 5.41) is 0. The highest BCUT2D eigenvalue weighted by molar-refractivity contribution is 5.51. The molecule has 118 valence electrons. The number of hydrogen-bond donors (Lipinski definition) is 1. The van der Waals surface area contributed by atoms with Crippen molar-refractivity contribution in [1.29, 1.82) is 0 Å². The molecule has 0 bridgehead atoms. The number of anilines is 1. The summed E-state index contributed by atoms with van der Waals surface area (Å²) >= 11 is 0. The molecule has 0 saturated heterocycles. The van der Waals surface area contributed by atoms with Crippen LogP contribution in [0.15, 0.2) is 12.1 Å². The molecule has 2 rings (SSSR count). The Morgan fingerprint density at radius 2 is 1.67 bits per heavy atom. The second-order valence-corrected chi connectivity index (χ2v) is 6.35. The Kier molecular flexibility index (Phi) is 5.57. The van der Waals surface area contributed by atoms with Gasteiger partial charge in [-0.05, 0) is 43.9 Å². The smallest absolute Gasteiger partial charge is 0.149 e. The summed E-state index contributed by atoms with van der Waals surface area (Å²) < 4.78 is 28.7. The molecule has 21 heavy (non-hydrogen) atoms. The van der Waals surface area contributed by atoms with Gasteiger partial charge in [-0.15, -0.1) is 0 Å². The van der Waals surface area contributed by atoms with Gasteiger partial charge in [-0.25, -0.2) is 8.78 Å². The predicted molar refractivity (Wildman–Crippen MR) is 83.6 cm³/mol. The van der Waals surface area contributed by atoms with Crippen LogP contribution in [0.2, 0.25) is 0 Å². The highest BCUT2D eigenvalue weighted by Crippen LogP contribution is 2.30. The van der Waals surface area contributed by atoms with E-state index in [1.807, 2.05) is 14.0 Å². The lowest BCUT2D eigenvalue weighted by atomic mass is 10.0. The molecule has 1 aliphatic rings. The van der Waals surface area contributed by atoms with Crippen LogP contribution in [0.1, 0.15) is 51.0 Å². The average Bonchev–Trinajstić information content (AvgIpc) is 2.65. The topological polar surface area (TPSA) is 29.3 Å². The first kappa shape index (κ1) is 16.2. The Morgan fingerprint density at radius 1 is 1.14 bits per heavy atom. The van der Waals surface area contributed by atoms with Gasteiger partial charge >= 0.3 is 0 Å². The Bertz CT molecular complexity index is 443. The fourth-order valence-corrected chi connectivity index (χ4v) is 3.27. The van der Waals surface area contributed by atoms with Crippen LogP contribution in [-0.2, 0) is 6.42 Å². The van der Waals surface area contributed by atoms with Gasteiger partial charge < -0.3 is 10.6 Å². The molecule has 1 saturated carbocycles. The van der Waals surface area contributed by atoms with Crippen molar-refractivity contribution in [3.05, 3.63) is 29.3 Å². The molecule has 0 aromatic heterocycles. The zero-order valence-electron chi connectivity index (χ0n) is 13.0. The summed E-state index contributed by atoms with van der Waals surface area (Å²) in [5.74, 6) is -0.949. The molecule has 1 aliphatic carbocycles. The van der Waals surface area contributed by atoms with E-state index in [1.54, 1.807) is 4.90 Å². The van der Waals surface area contributed by atoms with E-state index in [1.165, 1.54) is 25.0 Å². The van der Waals surface area contributed by atoms with Gasteiger partial charge in [0.1, 0.15) is 17.3 Å². The third-order valence-corrected chi connectivity index (χ3v) is 4.36. The first-order chi connectivity index (χ1) is 9.99. The minimum Gasteiger partial charge on any atom is -0.367 e. The van der Waals surface area contributed by atoms with Crippen LogP contribution in [0, 0.1) is 11.6 Å². The number of nitrogens with two attached hydrogens (primary N) is 1. The van der Waals surface area contributed by atoms with E-state index in [0.29, 0.717) is 12.0 Å². The van der Waals surface area contributed by atoms with Crippen LogP contribution >= 0.6 is 0 Å². The van der Waals surface area contributed by atoms with Crippen LogP contribution in [0.5, 0.6) is 0 Å². The largest absolute Gasteiger partial charge is 0.367 e. The minimum absolute atomic E-state index is 0.103. The Hall–Kier alpha value is -1.16. The molecule has 1 unspecified atom stereocenters. The number of nitrogens with zero attached hydrogens (tertiary/aromatic N) is 1. The third kappa shape index (κ3) is 4.16. The predicted octanol–water partition coefficient (Wildman–Crippen LogP) is 4.01. The van der Waals surface area contributed by atoms with Gasteiger partial charge in [-0.1, -0.05) is 25.7 Å². The van der Waals surface area contributed by atoms with Gasteiger partial charge in [0.05, 0.1) is 0 Å². The normalized spacial score (nSPS) is 18.3. The summed E-state index contributed by atoms with van der Waals surface area (Å²) in [5.41, 5.74) is 6.43. The molecular formula is C17H26F2N2. The second kappa shape index (κ2) is 7.21. The molecule has 0 aliphatic heterocycles. The molecule has 0 spiro atoms. The van der Waals surface area contributed by atoms with E-state index in [9.17, 15) is 8.78 Å². The Morgan fingerprint density at radius 3 is 2.14 bits per heavy atom. The van der Waals surface area contributed by atoms with Crippen molar-refractivity contribution < 1.29 is 8.78 Å². The summed E-state index contributed by atoms with van der Waals surface area (Å²) in [7, 11) is 1.81. The van der Waals surface area contributed by atoms with Gasteiger partial charge in [0.15, 0.2) is 0 Å². The van der Waals surface area contributed by atoms with Gasteiger partial charge in [0, 0.05) is 19.1 Å². The van der Waals surface area contributed by atoms with E-state index in [0.717, 1.165) is 25.7 Å². The molecule has 1 aromatic rings. The van der Waals surface area contributed by atoms with Gasteiger partial charge in [0.2, 0.25) is 0 Å². The fraction of sp³-hybridized carbons (Fsp3) is 0.647. The lowest BCUT2D eigenvalue weighted by Gasteiger charge is -2.30. The highest BCUT2D eigenvalue weighted by Gasteiger charge is 2.23. The van der Waals surface area contributed by atoms with Gasteiger partial charge in [-0.3, -0.25) is 0 Å². The first-order valence-corrected chi connectivity index (χ1v) is 7.95. The van der Waals surface area contributed by atoms with E-state index >= 15 is 0 Å². The third-order valence-electron chi connectivity index (χ3n) is 4.36. The van der Waals surface area contributed by atoms with E-state index < -0.39 is 11.6 Å². The second-order valence-electron chi connectivity index (χ2n) is 6.35. The fourth-order valence-electron chi connectivity index (χ4n) is 3.27. The first-order valence-electron chi connectivity index (χ1n) is 7.95. The molecule has 2 N–H and O–H groups in total. The quantitative estimate of drug-likeness (QED) is 0.851. The maximum Gasteiger partial charge on any atom is 0.149 e. The number of halogens is 2. The molecule has 0 radical (unpaired) electrons. The summed E-state index contributed by atoms with van der Waals surface area (Å²) in [6.07, 6.45) is 7.24. The Labute approximate surface area is 126 Å². The van der Waals surface area contributed by atoms with Crippen molar-refractivity contribution in [2.45, 2.75) is 64.0 Å². The Balaban J connectivity index is 2.21. The number of rotatable bonds is 4. The minimum atomic E-state index is -0.475. The molecule has 2 nitrogen and oxygen atoms in total. The monoisotopic (exact) mass is 296 g/mol. The van der Waals surface area contributed by atoms with Crippen molar-refractivity contribution in [3.63, 3.8) is 0 Å². The summed E-state index contributed by atoms with van der Waals surface area (Å²) in [4.78, 5) is 1.80. The molecule has 0 amide bonds. The molecule has 1 atom stereocenters. The molecule has 1 aromatic carbocycles. The van der Waals surface area contributed by atoms with Crippen molar-refractivity contribution in [1.82, 2.24) is 0 Å². The lowest BCUT2D eigenvalue weighted by Crippen LogP contribution is -2.32. The highest BCUT2D eigenvalue weighted by atomic mass is 19.1. The van der Waals surface area contributed by atoms with Crippen LogP contribution < -0.4 is 10.6 Å². The van der Waals surface area contributed by atoms with Crippen molar-refractivity contribution >= 4 is 5.69 Å². The van der Waals surface area contributed by atoms with Gasteiger partial charge in [-0.2, -0.15) is 0 Å². The van der Waals surface area contributed by atoms with Crippen LogP contribution in [0.25, 0.3) is 0 Å².